The highest BCUT2D eigenvalue weighted by atomic mass is 32.2. The molecule has 4 rings (SSSR count). The van der Waals surface area contributed by atoms with Crippen LogP contribution in [-0.4, -0.2) is 62.8 Å². The van der Waals surface area contributed by atoms with Crippen LogP contribution in [0.15, 0.2) is 22.8 Å². The lowest BCUT2D eigenvalue weighted by atomic mass is 10.1. The van der Waals surface area contributed by atoms with Gasteiger partial charge in [0.1, 0.15) is 6.33 Å². The predicted octanol–water partition coefficient (Wildman–Crippen LogP) is 0.183. The first-order valence-electron chi connectivity index (χ1n) is 8.49. The molecule has 3 aromatic rings. The van der Waals surface area contributed by atoms with Crippen molar-refractivity contribution in [2.45, 2.75) is 24.1 Å². The Morgan fingerprint density at radius 2 is 2.21 bits per heavy atom. The molecular formula is C15H18N8O3S2. The fourth-order valence-electron chi connectivity index (χ4n) is 3.06. The summed E-state index contributed by atoms with van der Waals surface area (Å²) in [4.78, 5) is 23.6. The van der Waals surface area contributed by atoms with Gasteiger partial charge in [-0.15, -0.1) is 0 Å². The molecular weight excluding hydrogens is 404 g/mol. The summed E-state index contributed by atoms with van der Waals surface area (Å²) >= 11 is 0.935. The first-order valence-corrected chi connectivity index (χ1v) is 10.7. The largest absolute Gasteiger partial charge is 0.306 e. The molecule has 1 fully saturated rings. The number of rotatable bonds is 4. The second-order valence-corrected chi connectivity index (χ2v) is 9.53. The van der Waals surface area contributed by atoms with Gasteiger partial charge in [0.2, 0.25) is 5.91 Å². The zero-order chi connectivity index (χ0) is 19.9. The average molecular weight is 422 g/mol. The van der Waals surface area contributed by atoms with Crippen LogP contribution in [0.4, 0.5) is 5.13 Å². The van der Waals surface area contributed by atoms with Gasteiger partial charge < -0.3 is 10.6 Å². The lowest BCUT2D eigenvalue weighted by Crippen LogP contribution is -2.48. The number of aromatic nitrogens is 5. The van der Waals surface area contributed by atoms with Crippen molar-refractivity contribution in [3.05, 3.63) is 30.0 Å². The number of thiazole rings is 1. The Hall–Kier alpha value is -2.48. The molecule has 13 heteroatoms. The molecule has 0 aliphatic carbocycles. The SMILES string of the molecule is CC(=O)Nc1ncc(S(=O)(=O)N2CCNC(c3cc(C)nc4ncnn34)C2)s1. The van der Waals surface area contributed by atoms with Crippen LogP contribution in [0.2, 0.25) is 0 Å². The number of piperazine rings is 1. The van der Waals surface area contributed by atoms with E-state index >= 15 is 0 Å². The van der Waals surface area contributed by atoms with Gasteiger partial charge in [-0.2, -0.15) is 18.9 Å². The standard InChI is InChI=1S/C15H18N8O3S2/c1-9-5-12(23-14(20-9)18-8-19-23)11-7-22(4-3-16-11)28(25,26)13-6-17-15(27-13)21-10(2)24/h5-6,8,11,16H,3-4,7H2,1-2H3,(H,17,21,24). The summed E-state index contributed by atoms with van der Waals surface area (Å²) in [6.07, 6.45) is 2.69. The Bertz CT molecular complexity index is 1140. The first kappa shape index (κ1) is 18.9. The number of nitrogens with one attached hydrogen (secondary N) is 2. The second kappa shape index (κ2) is 7.16. The monoisotopic (exact) mass is 422 g/mol. The number of nitrogens with zero attached hydrogens (tertiary/aromatic N) is 6. The molecule has 28 heavy (non-hydrogen) atoms. The highest BCUT2D eigenvalue weighted by molar-refractivity contribution is 7.91. The van der Waals surface area contributed by atoms with Crippen molar-refractivity contribution >= 4 is 38.2 Å². The van der Waals surface area contributed by atoms with Crippen molar-refractivity contribution in [3.8, 4) is 0 Å². The third-order valence-corrected chi connectivity index (χ3v) is 7.48. The molecule has 0 bridgehead atoms. The van der Waals surface area contributed by atoms with E-state index in [4.69, 9.17) is 0 Å². The molecule has 148 valence electrons. The number of anilines is 1. The highest BCUT2D eigenvalue weighted by Gasteiger charge is 2.33. The van der Waals surface area contributed by atoms with Crippen LogP contribution in [0.3, 0.4) is 0 Å². The van der Waals surface area contributed by atoms with Crippen molar-refractivity contribution in [2.24, 2.45) is 0 Å². The zero-order valence-electron chi connectivity index (χ0n) is 15.2. The normalized spacial score (nSPS) is 18.4. The van der Waals surface area contributed by atoms with Gasteiger partial charge in [0.25, 0.3) is 15.8 Å². The van der Waals surface area contributed by atoms with E-state index in [2.05, 4.69) is 30.7 Å². The van der Waals surface area contributed by atoms with Gasteiger partial charge in [-0.1, -0.05) is 11.3 Å². The van der Waals surface area contributed by atoms with E-state index in [0.29, 0.717) is 18.9 Å². The van der Waals surface area contributed by atoms with Crippen LogP contribution in [0.1, 0.15) is 24.4 Å². The summed E-state index contributed by atoms with van der Waals surface area (Å²) in [5.41, 5.74) is 1.57. The smallest absolute Gasteiger partial charge is 0.254 e. The molecule has 1 aliphatic rings. The molecule has 11 nitrogen and oxygen atoms in total. The van der Waals surface area contributed by atoms with Crippen molar-refractivity contribution in [2.75, 3.05) is 25.0 Å². The van der Waals surface area contributed by atoms with Crippen LogP contribution in [0.25, 0.3) is 5.78 Å². The van der Waals surface area contributed by atoms with Gasteiger partial charge in [-0.05, 0) is 13.0 Å². The lowest BCUT2D eigenvalue weighted by Gasteiger charge is -2.32. The summed E-state index contributed by atoms with van der Waals surface area (Å²) in [5, 5.41) is 10.3. The van der Waals surface area contributed by atoms with Gasteiger partial charge in [0, 0.05) is 32.3 Å². The number of aryl methyl sites for hydroxylation is 1. The van der Waals surface area contributed by atoms with E-state index in [1.165, 1.54) is 23.8 Å². The number of hydrogen-bond donors (Lipinski definition) is 2. The minimum atomic E-state index is -3.73. The molecule has 3 aromatic heterocycles. The number of carbonyl (C=O) groups excluding carboxylic acids is 1. The topological polar surface area (TPSA) is 134 Å². The first-order chi connectivity index (χ1) is 13.3. The van der Waals surface area contributed by atoms with Crippen LogP contribution in [0, 0.1) is 6.92 Å². The van der Waals surface area contributed by atoms with Crippen molar-refractivity contribution < 1.29 is 13.2 Å². The number of fused-ring (bicyclic) bond motifs is 1. The molecule has 4 heterocycles. The van der Waals surface area contributed by atoms with Crippen LogP contribution in [-0.2, 0) is 14.8 Å². The second-order valence-electron chi connectivity index (χ2n) is 6.33. The van der Waals surface area contributed by atoms with Gasteiger partial charge in [-0.25, -0.2) is 18.4 Å². The number of amides is 1. The third kappa shape index (κ3) is 3.48. The summed E-state index contributed by atoms with van der Waals surface area (Å²) in [7, 11) is -3.73. The van der Waals surface area contributed by atoms with Crippen LogP contribution < -0.4 is 10.6 Å². The molecule has 1 saturated heterocycles. The Labute approximate surface area is 164 Å². The fourth-order valence-corrected chi connectivity index (χ4v) is 5.75. The maximum Gasteiger partial charge on any atom is 0.254 e. The Balaban J connectivity index is 1.62. The fraction of sp³-hybridized carbons (Fsp3) is 0.400. The van der Waals surface area contributed by atoms with Crippen LogP contribution in [0.5, 0.6) is 0 Å². The summed E-state index contributed by atoms with van der Waals surface area (Å²) < 4.78 is 29.2. The Kier molecular flexibility index (Phi) is 4.82. The molecule has 1 unspecified atom stereocenters. The molecule has 0 radical (unpaired) electrons. The predicted molar refractivity (Wildman–Crippen MR) is 101 cm³/mol. The molecule has 1 atom stereocenters. The maximum absolute atomic E-state index is 13.1. The Morgan fingerprint density at radius 1 is 1.39 bits per heavy atom. The maximum atomic E-state index is 13.1. The van der Waals surface area contributed by atoms with E-state index in [0.717, 1.165) is 22.7 Å². The third-order valence-electron chi connectivity index (χ3n) is 4.26. The molecule has 1 amide bonds. The van der Waals surface area contributed by atoms with Crippen LogP contribution >= 0.6 is 11.3 Å². The van der Waals surface area contributed by atoms with Crippen molar-refractivity contribution in [3.63, 3.8) is 0 Å². The van der Waals surface area contributed by atoms with E-state index in [-0.39, 0.29) is 27.8 Å². The van der Waals surface area contributed by atoms with Gasteiger partial charge in [0.15, 0.2) is 9.34 Å². The summed E-state index contributed by atoms with van der Waals surface area (Å²) in [6.45, 7) is 4.25. The molecule has 1 aliphatic heterocycles. The molecule has 2 N–H and O–H groups in total. The Morgan fingerprint density at radius 3 is 3.00 bits per heavy atom. The van der Waals surface area contributed by atoms with Gasteiger partial charge in [-0.3, -0.25) is 4.79 Å². The van der Waals surface area contributed by atoms with E-state index < -0.39 is 10.0 Å². The number of hydrogen-bond acceptors (Lipinski definition) is 9. The zero-order valence-corrected chi connectivity index (χ0v) is 16.8. The van der Waals surface area contributed by atoms with E-state index in [9.17, 15) is 13.2 Å². The van der Waals surface area contributed by atoms with Crippen molar-refractivity contribution in [1.29, 1.82) is 0 Å². The summed E-state index contributed by atoms with van der Waals surface area (Å²) in [5.74, 6) is 0.171. The van der Waals surface area contributed by atoms with Crippen molar-refractivity contribution in [1.82, 2.24) is 34.2 Å². The summed E-state index contributed by atoms with van der Waals surface area (Å²) in [6, 6.07) is 1.61. The molecule has 0 spiro atoms. The quantitative estimate of drug-likeness (QED) is 0.608. The van der Waals surface area contributed by atoms with E-state index in [1.807, 2.05) is 13.0 Å². The highest BCUT2D eigenvalue weighted by Crippen LogP contribution is 2.28. The molecule has 0 saturated carbocycles. The average Bonchev–Trinajstić information content (AvgIpc) is 3.30. The van der Waals surface area contributed by atoms with Gasteiger partial charge >= 0.3 is 0 Å². The van der Waals surface area contributed by atoms with E-state index in [1.54, 1.807) is 4.52 Å². The minimum absolute atomic E-state index is 0.0914. The minimum Gasteiger partial charge on any atom is -0.306 e. The number of sulfonamides is 1. The lowest BCUT2D eigenvalue weighted by molar-refractivity contribution is -0.114. The number of carbonyl (C=O) groups is 1. The molecule has 0 aromatic carbocycles. The van der Waals surface area contributed by atoms with Gasteiger partial charge in [0.05, 0.1) is 17.9 Å².